The van der Waals surface area contributed by atoms with E-state index in [4.69, 9.17) is 10.5 Å². The minimum atomic E-state index is -0.342. The molecule has 0 saturated carbocycles. The Morgan fingerprint density at radius 3 is 2.75 bits per heavy atom. The number of hydrogen-bond donors (Lipinski definition) is 1. The third-order valence-electron chi connectivity index (χ3n) is 3.01. The van der Waals surface area contributed by atoms with Gasteiger partial charge in [-0.05, 0) is 31.7 Å². The van der Waals surface area contributed by atoms with Gasteiger partial charge < -0.3 is 10.5 Å². The summed E-state index contributed by atoms with van der Waals surface area (Å²) in [5.74, 6) is -0.342. The molecule has 0 aliphatic heterocycles. The molecule has 2 aromatic rings. The summed E-state index contributed by atoms with van der Waals surface area (Å²) in [5.41, 5.74) is 8.65. The van der Waals surface area contributed by atoms with Gasteiger partial charge in [0.25, 0.3) is 0 Å². The van der Waals surface area contributed by atoms with Crippen molar-refractivity contribution in [2.75, 3.05) is 18.6 Å². The van der Waals surface area contributed by atoms with Crippen LogP contribution in [0.3, 0.4) is 0 Å². The molecule has 0 aliphatic carbocycles. The topological polar surface area (TPSA) is 52.3 Å². The molecule has 1 aromatic carbocycles. The lowest BCUT2D eigenvalue weighted by Gasteiger charge is -2.05. The number of thiophene rings is 1. The Kier molecular flexibility index (Phi) is 4.73. The zero-order chi connectivity index (χ0) is 14.7. The standard InChI is InChI=1S/C15H17NO2S2/c1-4-18-15(17)14-12(16)9(2)13(20-14)10-7-5-6-8-11(10)19-3/h5-8H,4,16H2,1-3H3. The van der Waals surface area contributed by atoms with Crippen LogP contribution >= 0.6 is 23.1 Å². The largest absolute Gasteiger partial charge is 0.462 e. The first-order valence-electron chi connectivity index (χ1n) is 6.29. The zero-order valence-electron chi connectivity index (χ0n) is 11.7. The van der Waals surface area contributed by atoms with Crippen LogP contribution in [-0.2, 0) is 4.74 Å². The van der Waals surface area contributed by atoms with Crippen LogP contribution in [0.2, 0.25) is 0 Å². The van der Waals surface area contributed by atoms with Crippen LogP contribution in [0.15, 0.2) is 29.2 Å². The number of hydrogen-bond acceptors (Lipinski definition) is 5. The first kappa shape index (κ1) is 14.9. The van der Waals surface area contributed by atoms with Crippen molar-refractivity contribution in [2.45, 2.75) is 18.7 Å². The molecule has 5 heteroatoms. The summed E-state index contributed by atoms with van der Waals surface area (Å²) in [5, 5.41) is 0. The summed E-state index contributed by atoms with van der Waals surface area (Å²) in [6, 6.07) is 8.13. The summed E-state index contributed by atoms with van der Waals surface area (Å²) in [7, 11) is 0. The quantitative estimate of drug-likeness (QED) is 0.679. The van der Waals surface area contributed by atoms with Gasteiger partial charge in [0.15, 0.2) is 0 Å². The Morgan fingerprint density at radius 1 is 1.40 bits per heavy atom. The van der Waals surface area contributed by atoms with E-state index in [2.05, 4.69) is 12.1 Å². The maximum absolute atomic E-state index is 11.9. The number of anilines is 1. The molecule has 2 N–H and O–H groups in total. The third kappa shape index (κ3) is 2.69. The molecule has 0 unspecified atom stereocenters. The van der Waals surface area contributed by atoms with E-state index in [1.165, 1.54) is 16.2 Å². The second-order valence-corrected chi connectivity index (χ2v) is 6.09. The second kappa shape index (κ2) is 6.33. The number of ether oxygens (including phenoxy) is 1. The van der Waals surface area contributed by atoms with Crippen molar-refractivity contribution in [3.05, 3.63) is 34.7 Å². The number of benzene rings is 1. The van der Waals surface area contributed by atoms with E-state index in [1.54, 1.807) is 18.7 Å². The lowest BCUT2D eigenvalue weighted by molar-refractivity contribution is 0.0533. The first-order valence-corrected chi connectivity index (χ1v) is 8.33. The maximum Gasteiger partial charge on any atom is 0.350 e. The van der Waals surface area contributed by atoms with Gasteiger partial charge in [0.2, 0.25) is 0 Å². The SMILES string of the molecule is CCOC(=O)c1sc(-c2ccccc2SC)c(C)c1N. The number of nitrogen functional groups attached to an aromatic ring is 1. The van der Waals surface area contributed by atoms with Gasteiger partial charge in [0.1, 0.15) is 4.88 Å². The lowest BCUT2D eigenvalue weighted by atomic mass is 10.1. The molecule has 106 valence electrons. The molecule has 0 saturated heterocycles. The van der Waals surface area contributed by atoms with Crippen molar-refractivity contribution in [3.8, 4) is 10.4 Å². The second-order valence-electron chi connectivity index (χ2n) is 4.22. The number of thioether (sulfide) groups is 1. The Bertz CT molecular complexity index is 635. The molecule has 0 radical (unpaired) electrons. The van der Waals surface area contributed by atoms with Gasteiger partial charge in [-0.1, -0.05) is 18.2 Å². The summed E-state index contributed by atoms with van der Waals surface area (Å²) in [6.07, 6.45) is 2.04. The fraction of sp³-hybridized carbons (Fsp3) is 0.267. The predicted molar refractivity (Wildman–Crippen MR) is 86.6 cm³/mol. The van der Waals surface area contributed by atoms with Gasteiger partial charge in [0.05, 0.1) is 12.3 Å². The van der Waals surface area contributed by atoms with Crippen molar-refractivity contribution < 1.29 is 9.53 Å². The minimum absolute atomic E-state index is 0.342. The first-order chi connectivity index (χ1) is 9.60. The van der Waals surface area contributed by atoms with E-state index >= 15 is 0 Å². The molecule has 0 atom stereocenters. The maximum atomic E-state index is 11.9. The van der Waals surface area contributed by atoms with Crippen LogP contribution in [0, 0.1) is 6.92 Å². The fourth-order valence-corrected chi connectivity index (χ4v) is 3.79. The highest BCUT2D eigenvalue weighted by molar-refractivity contribution is 7.98. The number of carbonyl (C=O) groups is 1. The van der Waals surface area contributed by atoms with Gasteiger partial charge in [-0.25, -0.2) is 4.79 Å². The van der Waals surface area contributed by atoms with Gasteiger partial charge >= 0.3 is 5.97 Å². The summed E-state index contributed by atoms with van der Waals surface area (Å²) in [6.45, 7) is 4.09. The van der Waals surface area contributed by atoms with Gasteiger partial charge in [-0.2, -0.15) is 0 Å². The van der Waals surface area contributed by atoms with Crippen LogP contribution in [0.5, 0.6) is 0 Å². The van der Waals surface area contributed by atoms with Crippen molar-refractivity contribution in [3.63, 3.8) is 0 Å². The van der Waals surface area contributed by atoms with Crippen LogP contribution in [0.4, 0.5) is 5.69 Å². The molecule has 0 aliphatic rings. The van der Waals surface area contributed by atoms with E-state index in [0.29, 0.717) is 17.2 Å². The van der Waals surface area contributed by atoms with Gasteiger partial charge in [-0.15, -0.1) is 23.1 Å². The minimum Gasteiger partial charge on any atom is -0.462 e. The van der Waals surface area contributed by atoms with E-state index in [0.717, 1.165) is 16.0 Å². The number of esters is 1. The van der Waals surface area contributed by atoms with Crippen LogP contribution in [-0.4, -0.2) is 18.8 Å². The average Bonchev–Trinajstić information content (AvgIpc) is 2.75. The Morgan fingerprint density at radius 2 is 2.10 bits per heavy atom. The van der Waals surface area contributed by atoms with Crippen molar-refractivity contribution in [1.29, 1.82) is 0 Å². The summed E-state index contributed by atoms with van der Waals surface area (Å²) >= 11 is 3.09. The van der Waals surface area contributed by atoms with Crippen molar-refractivity contribution in [1.82, 2.24) is 0 Å². The molecule has 0 spiro atoms. The van der Waals surface area contributed by atoms with Crippen molar-refractivity contribution in [2.24, 2.45) is 0 Å². The monoisotopic (exact) mass is 307 g/mol. The lowest BCUT2D eigenvalue weighted by Crippen LogP contribution is -2.05. The van der Waals surface area contributed by atoms with E-state index < -0.39 is 0 Å². The molecule has 20 heavy (non-hydrogen) atoms. The highest BCUT2D eigenvalue weighted by Gasteiger charge is 2.21. The molecule has 3 nitrogen and oxygen atoms in total. The van der Waals surface area contributed by atoms with E-state index in [1.807, 2.05) is 25.3 Å². The Labute approximate surface area is 127 Å². The molecule has 1 aromatic heterocycles. The number of carbonyl (C=O) groups excluding carboxylic acids is 1. The number of rotatable bonds is 4. The van der Waals surface area contributed by atoms with Crippen molar-refractivity contribution >= 4 is 34.8 Å². The van der Waals surface area contributed by atoms with Gasteiger partial charge in [-0.3, -0.25) is 0 Å². The van der Waals surface area contributed by atoms with Gasteiger partial charge in [0, 0.05) is 15.3 Å². The van der Waals surface area contributed by atoms with Crippen LogP contribution < -0.4 is 5.73 Å². The van der Waals surface area contributed by atoms with E-state index in [-0.39, 0.29) is 5.97 Å². The zero-order valence-corrected chi connectivity index (χ0v) is 13.4. The van der Waals surface area contributed by atoms with E-state index in [9.17, 15) is 4.79 Å². The average molecular weight is 307 g/mol. The summed E-state index contributed by atoms with van der Waals surface area (Å²) in [4.78, 5) is 14.6. The number of nitrogens with two attached hydrogens (primary N) is 1. The molecule has 1 heterocycles. The molecule has 0 fully saturated rings. The predicted octanol–water partition coefficient (Wildman–Crippen LogP) is 4.20. The Balaban J connectivity index is 2.53. The highest BCUT2D eigenvalue weighted by atomic mass is 32.2. The molecular formula is C15H17NO2S2. The highest BCUT2D eigenvalue weighted by Crippen LogP contribution is 2.41. The fourth-order valence-electron chi connectivity index (χ4n) is 1.96. The normalized spacial score (nSPS) is 10.6. The molecule has 0 amide bonds. The third-order valence-corrected chi connectivity index (χ3v) is 5.12. The molecule has 0 bridgehead atoms. The smallest absolute Gasteiger partial charge is 0.350 e. The Hall–Kier alpha value is -1.46. The summed E-state index contributed by atoms with van der Waals surface area (Å²) < 4.78 is 5.06. The van der Waals surface area contributed by atoms with Crippen LogP contribution in [0.1, 0.15) is 22.2 Å². The molecular weight excluding hydrogens is 290 g/mol. The molecule has 2 rings (SSSR count). The van der Waals surface area contributed by atoms with Crippen LogP contribution in [0.25, 0.3) is 10.4 Å².